The quantitative estimate of drug-likeness (QED) is 0.422. The molecular weight excluding hydrogens is 382 g/mol. The predicted molar refractivity (Wildman–Crippen MR) is 118 cm³/mol. The Morgan fingerprint density at radius 2 is 1.90 bits per heavy atom. The van der Waals surface area contributed by atoms with Gasteiger partial charge in [-0.25, -0.2) is 4.98 Å². The van der Waals surface area contributed by atoms with Crippen LogP contribution in [-0.4, -0.2) is 23.0 Å². The van der Waals surface area contributed by atoms with Gasteiger partial charge in [-0.3, -0.25) is 4.79 Å². The van der Waals surface area contributed by atoms with Crippen molar-refractivity contribution in [1.82, 2.24) is 9.97 Å². The van der Waals surface area contributed by atoms with Crippen LogP contribution in [0.2, 0.25) is 0 Å². The molecule has 1 aromatic heterocycles. The van der Waals surface area contributed by atoms with Gasteiger partial charge in [-0.2, -0.15) is 0 Å². The SMILES string of the molecule is COc1ccc2nc(SCc3ccc(C(=O)Nc4ccccc4C)cc3)[nH]c2c1. The molecule has 0 fully saturated rings. The minimum absolute atomic E-state index is 0.107. The van der Waals surface area contributed by atoms with E-state index in [4.69, 9.17) is 4.74 Å². The molecule has 0 aliphatic rings. The van der Waals surface area contributed by atoms with Gasteiger partial charge >= 0.3 is 0 Å². The lowest BCUT2D eigenvalue weighted by molar-refractivity contribution is 0.102. The van der Waals surface area contributed by atoms with Gasteiger partial charge in [-0.05, 0) is 48.4 Å². The van der Waals surface area contributed by atoms with Gasteiger partial charge in [-0.15, -0.1) is 0 Å². The molecule has 1 amide bonds. The number of benzene rings is 3. The van der Waals surface area contributed by atoms with Gasteiger partial charge in [0.15, 0.2) is 5.16 Å². The Morgan fingerprint density at radius 3 is 2.66 bits per heavy atom. The van der Waals surface area contributed by atoms with Crippen molar-refractivity contribution in [1.29, 1.82) is 0 Å². The number of methoxy groups -OCH3 is 1. The van der Waals surface area contributed by atoms with Crippen molar-refractivity contribution in [3.8, 4) is 5.75 Å². The van der Waals surface area contributed by atoms with E-state index < -0.39 is 0 Å². The Kier molecular flexibility index (Phi) is 5.53. The number of ether oxygens (including phenoxy) is 1. The van der Waals surface area contributed by atoms with Gasteiger partial charge < -0.3 is 15.0 Å². The van der Waals surface area contributed by atoms with Crippen LogP contribution in [0.4, 0.5) is 5.69 Å². The van der Waals surface area contributed by atoms with Crippen LogP contribution < -0.4 is 10.1 Å². The summed E-state index contributed by atoms with van der Waals surface area (Å²) in [6.45, 7) is 1.98. The minimum Gasteiger partial charge on any atom is -0.497 e. The first-order valence-corrected chi connectivity index (χ1v) is 10.2. The lowest BCUT2D eigenvalue weighted by Gasteiger charge is -2.08. The predicted octanol–water partition coefficient (Wildman–Crippen LogP) is 5.42. The molecule has 4 aromatic rings. The molecule has 29 heavy (non-hydrogen) atoms. The second-order valence-electron chi connectivity index (χ2n) is 6.68. The van der Waals surface area contributed by atoms with Crippen LogP contribution in [0, 0.1) is 6.92 Å². The Morgan fingerprint density at radius 1 is 1.10 bits per heavy atom. The van der Waals surface area contributed by atoms with Crippen molar-refractivity contribution in [2.24, 2.45) is 0 Å². The number of carbonyl (C=O) groups excluding carboxylic acids is 1. The van der Waals surface area contributed by atoms with E-state index >= 15 is 0 Å². The fourth-order valence-electron chi connectivity index (χ4n) is 2.97. The Balaban J connectivity index is 1.39. The van der Waals surface area contributed by atoms with E-state index in [9.17, 15) is 4.79 Å². The van der Waals surface area contributed by atoms with E-state index in [0.29, 0.717) is 5.56 Å². The van der Waals surface area contributed by atoms with E-state index in [-0.39, 0.29) is 5.91 Å². The van der Waals surface area contributed by atoms with Crippen molar-refractivity contribution in [3.05, 3.63) is 83.4 Å². The standard InChI is InChI=1S/C23H21N3O2S/c1-15-5-3-4-6-19(15)24-22(27)17-9-7-16(8-10-17)14-29-23-25-20-12-11-18(28-2)13-21(20)26-23/h3-13H,14H2,1-2H3,(H,24,27)(H,25,26). The maximum absolute atomic E-state index is 12.5. The summed E-state index contributed by atoms with van der Waals surface area (Å²) in [5.41, 5.74) is 5.50. The maximum Gasteiger partial charge on any atom is 0.255 e. The summed E-state index contributed by atoms with van der Waals surface area (Å²) in [5.74, 6) is 1.46. The zero-order valence-corrected chi connectivity index (χ0v) is 17.0. The topological polar surface area (TPSA) is 67.0 Å². The first-order chi connectivity index (χ1) is 14.1. The summed E-state index contributed by atoms with van der Waals surface area (Å²) in [6, 6.07) is 21.2. The van der Waals surface area contributed by atoms with Gasteiger partial charge in [0.05, 0.1) is 18.1 Å². The highest BCUT2D eigenvalue weighted by molar-refractivity contribution is 7.98. The number of fused-ring (bicyclic) bond motifs is 1. The van der Waals surface area contributed by atoms with E-state index in [2.05, 4.69) is 15.3 Å². The normalized spacial score (nSPS) is 10.8. The summed E-state index contributed by atoms with van der Waals surface area (Å²) in [6.07, 6.45) is 0. The molecule has 5 nitrogen and oxygen atoms in total. The molecule has 6 heteroatoms. The number of aromatic amines is 1. The van der Waals surface area contributed by atoms with E-state index in [0.717, 1.165) is 44.5 Å². The molecule has 0 saturated heterocycles. The van der Waals surface area contributed by atoms with E-state index in [1.807, 2.05) is 73.7 Å². The number of hydrogen-bond acceptors (Lipinski definition) is 4. The zero-order chi connectivity index (χ0) is 20.2. The number of hydrogen-bond donors (Lipinski definition) is 2. The fraction of sp³-hybridized carbons (Fsp3) is 0.130. The molecule has 0 bridgehead atoms. The van der Waals surface area contributed by atoms with Gasteiger partial charge in [0.25, 0.3) is 5.91 Å². The smallest absolute Gasteiger partial charge is 0.255 e. The number of H-pyrrole nitrogens is 1. The summed E-state index contributed by atoms with van der Waals surface area (Å²) < 4.78 is 5.25. The molecule has 0 atom stereocenters. The summed E-state index contributed by atoms with van der Waals surface area (Å²) >= 11 is 1.62. The molecule has 3 aromatic carbocycles. The van der Waals surface area contributed by atoms with Crippen LogP contribution in [0.15, 0.2) is 71.9 Å². The average molecular weight is 404 g/mol. The first kappa shape index (κ1) is 19.1. The first-order valence-electron chi connectivity index (χ1n) is 9.25. The molecule has 0 unspecified atom stereocenters. The Labute approximate surface area is 173 Å². The summed E-state index contributed by atoms with van der Waals surface area (Å²) in [7, 11) is 1.65. The number of nitrogens with zero attached hydrogens (tertiary/aromatic N) is 1. The van der Waals surface area contributed by atoms with Crippen molar-refractivity contribution in [2.75, 3.05) is 12.4 Å². The number of imidazole rings is 1. The van der Waals surface area contributed by atoms with Crippen molar-refractivity contribution in [3.63, 3.8) is 0 Å². The second kappa shape index (κ2) is 8.41. The Hall–Kier alpha value is -3.25. The minimum atomic E-state index is -0.107. The number of carbonyl (C=O) groups is 1. The van der Waals surface area contributed by atoms with E-state index in [1.165, 1.54) is 0 Å². The monoisotopic (exact) mass is 403 g/mol. The third-order valence-corrected chi connectivity index (χ3v) is 5.60. The molecule has 1 heterocycles. The number of aryl methyl sites for hydroxylation is 1. The second-order valence-corrected chi connectivity index (χ2v) is 7.64. The fourth-order valence-corrected chi connectivity index (χ4v) is 3.81. The number of amides is 1. The molecule has 0 aliphatic carbocycles. The molecule has 4 rings (SSSR count). The highest BCUT2D eigenvalue weighted by Crippen LogP contribution is 2.25. The van der Waals surface area contributed by atoms with Crippen LogP contribution in [-0.2, 0) is 5.75 Å². The number of nitrogens with one attached hydrogen (secondary N) is 2. The molecule has 146 valence electrons. The third kappa shape index (κ3) is 4.43. The number of para-hydroxylation sites is 1. The van der Waals surface area contributed by atoms with Crippen LogP contribution in [0.3, 0.4) is 0 Å². The zero-order valence-electron chi connectivity index (χ0n) is 16.2. The molecule has 0 radical (unpaired) electrons. The Bertz CT molecular complexity index is 1150. The third-order valence-electron chi connectivity index (χ3n) is 4.65. The lowest BCUT2D eigenvalue weighted by atomic mass is 10.1. The molecular formula is C23H21N3O2S. The van der Waals surface area contributed by atoms with Crippen LogP contribution in [0.1, 0.15) is 21.5 Å². The maximum atomic E-state index is 12.5. The number of aromatic nitrogens is 2. The number of anilines is 1. The van der Waals surface area contributed by atoms with Gasteiger partial charge in [0.2, 0.25) is 0 Å². The largest absolute Gasteiger partial charge is 0.497 e. The van der Waals surface area contributed by atoms with Gasteiger partial charge in [0.1, 0.15) is 5.75 Å². The molecule has 0 spiro atoms. The average Bonchev–Trinajstić information content (AvgIpc) is 3.16. The van der Waals surface area contributed by atoms with E-state index in [1.54, 1.807) is 18.9 Å². The van der Waals surface area contributed by atoms with Crippen molar-refractivity contribution in [2.45, 2.75) is 17.8 Å². The summed E-state index contributed by atoms with van der Waals surface area (Å²) in [4.78, 5) is 20.4. The highest BCUT2D eigenvalue weighted by Gasteiger charge is 2.09. The summed E-state index contributed by atoms with van der Waals surface area (Å²) in [5, 5.41) is 3.81. The molecule has 0 aliphatic heterocycles. The van der Waals surface area contributed by atoms with Crippen molar-refractivity contribution < 1.29 is 9.53 Å². The molecule has 2 N–H and O–H groups in total. The van der Waals surface area contributed by atoms with Crippen LogP contribution in [0.5, 0.6) is 5.75 Å². The number of thioether (sulfide) groups is 1. The van der Waals surface area contributed by atoms with Gasteiger partial charge in [0, 0.05) is 23.1 Å². The van der Waals surface area contributed by atoms with Crippen molar-refractivity contribution >= 4 is 34.4 Å². The number of rotatable bonds is 6. The van der Waals surface area contributed by atoms with Gasteiger partial charge in [-0.1, -0.05) is 42.1 Å². The van der Waals surface area contributed by atoms with Crippen LogP contribution in [0.25, 0.3) is 11.0 Å². The molecule has 0 saturated carbocycles. The highest BCUT2D eigenvalue weighted by atomic mass is 32.2. The lowest BCUT2D eigenvalue weighted by Crippen LogP contribution is -2.12. The van der Waals surface area contributed by atoms with Crippen LogP contribution >= 0.6 is 11.8 Å².